The van der Waals surface area contributed by atoms with Gasteiger partial charge in [-0.05, 0) is 56.2 Å². The summed E-state index contributed by atoms with van der Waals surface area (Å²) in [6.45, 7) is 6.10. The van der Waals surface area contributed by atoms with E-state index in [2.05, 4.69) is 5.10 Å². The number of carbonyl (C=O) groups is 1. The normalized spacial score (nSPS) is 11.4. The molecule has 0 aliphatic carbocycles. The minimum Gasteiger partial charge on any atom is -0.444 e. The number of aromatic nitrogens is 3. The van der Waals surface area contributed by atoms with Crippen molar-refractivity contribution in [3.63, 3.8) is 0 Å². The molecule has 3 aromatic rings. The smallest absolute Gasteiger partial charge is 0.410 e. The first-order valence-electron chi connectivity index (χ1n) is 9.55. The summed E-state index contributed by atoms with van der Waals surface area (Å²) in [5.74, 6) is -0.325. The van der Waals surface area contributed by atoms with Crippen molar-refractivity contribution < 1.29 is 13.9 Å². The highest BCUT2D eigenvalue weighted by atomic mass is 19.1. The molecule has 0 saturated carbocycles. The van der Waals surface area contributed by atoms with Crippen LogP contribution in [0.3, 0.4) is 0 Å². The van der Waals surface area contributed by atoms with E-state index < -0.39 is 11.7 Å². The van der Waals surface area contributed by atoms with E-state index in [0.717, 1.165) is 11.1 Å². The Morgan fingerprint density at radius 3 is 2.27 bits per heavy atom. The molecule has 2 aromatic carbocycles. The minimum atomic E-state index is -0.551. The summed E-state index contributed by atoms with van der Waals surface area (Å²) < 4.78 is 21.1. The molecule has 0 atom stereocenters. The SMILES string of the molecule is CN(Cc1ccc(-n2cnn(Cc3ccc(F)cc3)c2=O)cc1)C(=O)OC(C)(C)C. The Hall–Kier alpha value is -3.42. The first kappa shape index (κ1) is 21.3. The molecule has 1 amide bonds. The van der Waals surface area contributed by atoms with Gasteiger partial charge in [0.15, 0.2) is 0 Å². The predicted octanol–water partition coefficient (Wildman–Crippen LogP) is 3.59. The van der Waals surface area contributed by atoms with Crippen LogP contribution in [0.1, 0.15) is 31.9 Å². The molecular formula is C22H25FN4O3. The highest BCUT2D eigenvalue weighted by molar-refractivity contribution is 5.67. The fraction of sp³-hybridized carbons (Fsp3) is 0.318. The Kier molecular flexibility index (Phi) is 6.05. The van der Waals surface area contributed by atoms with Crippen molar-refractivity contribution in [3.05, 3.63) is 82.3 Å². The van der Waals surface area contributed by atoms with Crippen LogP contribution < -0.4 is 5.69 Å². The lowest BCUT2D eigenvalue weighted by Crippen LogP contribution is -2.33. The van der Waals surface area contributed by atoms with E-state index in [-0.39, 0.29) is 18.1 Å². The highest BCUT2D eigenvalue weighted by Crippen LogP contribution is 2.13. The molecule has 0 N–H and O–H groups in total. The van der Waals surface area contributed by atoms with Crippen molar-refractivity contribution >= 4 is 6.09 Å². The largest absolute Gasteiger partial charge is 0.444 e. The van der Waals surface area contributed by atoms with Crippen LogP contribution in [0.4, 0.5) is 9.18 Å². The Balaban J connectivity index is 1.69. The summed E-state index contributed by atoms with van der Waals surface area (Å²) >= 11 is 0. The molecule has 158 valence electrons. The molecular weight excluding hydrogens is 387 g/mol. The zero-order valence-corrected chi connectivity index (χ0v) is 17.5. The number of carbonyl (C=O) groups excluding carboxylic acids is 1. The van der Waals surface area contributed by atoms with Crippen LogP contribution in [0.2, 0.25) is 0 Å². The van der Waals surface area contributed by atoms with Crippen LogP contribution in [0.5, 0.6) is 0 Å². The standard InChI is InChI=1S/C22H25FN4O3/c1-22(2,3)30-21(29)25(4)13-16-7-11-19(12-8-16)26-15-24-27(20(26)28)14-17-5-9-18(23)10-6-17/h5-12,15H,13-14H2,1-4H3. The molecule has 0 aliphatic rings. The van der Waals surface area contributed by atoms with Crippen LogP contribution in [-0.2, 0) is 17.8 Å². The number of nitrogens with zero attached hydrogens (tertiary/aromatic N) is 4. The summed E-state index contributed by atoms with van der Waals surface area (Å²) in [4.78, 5) is 26.2. The molecule has 0 fully saturated rings. The van der Waals surface area contributed by atoms with Gasteiger partial charge in [-0.1, -0.05) is 24.3 Å². The third-order valence-electron chi connectivity index (χ3n) is 4.32. The van der Waals surface area contributed by atoms with Crippen LogP contribution in [-0.4, -0.2) is 38.0 Å². The van der Waals surface area contributed by atoms with Crippen LogP contribution in [0.25, 0.3) is 5.69 Å². The number of amides is 1. The average molecular weight is 412 g/mol. The average Bonchev–Trinajstić information content (AvgIpc) is 3.03. The molecule has 0 spiro atoms. The van der Waals surface area contributed by atoms with Gasteiger partial charge in [-0.3, -0.25) is 0 Å². The predicted molar refractivity (Wildman–Crippen MR) is 111 cm³/mol. The number of hydrogen-bond donors (Lipinski definition) is 0. The van der Waals surface area contributed by atoms with Crippen LogP contribution >= 0.6 is 0 Å². The third kappa shape index (κ3) is 5.34. The van der Waals surface area contributed by atoms with Crippen molar-refractivity contribution in [1.82, 2.24) is 19.2 Å². The van der Waals surface area contributed by atoms with E-state index >= 15 is 0 Å². The molecule has 30 heavy (non-hydrogen) atoms. The van der Waals surface area contributed by atoms with Gasteiger partial charge in [0.2, 0.25) is 0 Å². The lowest BCUT2D eigenvalue weighted by atomic mass is 10.2. The number of ether oxygens (including phenoxy) is 1. The second kappa shape index (κ2) is 8.52. The molecule has 0 unspecified atom stereocenters. The number of rotatable bonds is 5. The Bertz CT molecular complexity index is 1060. The monoisotopic (exact) mass is 412 g/mol. The van der Waals surface area contributed by atoms with Gasteiger partial charge in [0.25, 0.3) is 0 Å². The molecule has 3 rings (SSSR count). The van der Waals surface area contributed by atoms with Crippen LogP contribution in [0.15, 0.2) is 59.7 Å². The maximum atomic E-state index is 13.0. The van der Waals surface area contributed by atoms with Crippen molar-refractivity contribution in [1.29, 1.82) is 0 Å². The second-order valence-electron chi connectivity index (χ2n) is 8.07. The van der Waals surface area contributed by atoms with Gasteiger partial charge in [0.1, 0.15) is 17.7 Å². The summed E-state index contributed by atoms with van der Waals surface area (Å²) in [7, 11) is 1.67. The topological polar surface area (TPSA) is 69.4 Å². The van der Waals surface area contributed by atoms with E-state index in [0.29, 0.717) is 12.2 Å². The highest BCUT2D eigenvalue weighted by Gasteiger charge is 2.19. The summed E-state index contributed by atoms with van der Waals surface area (Å²) in [6.07, 6.45) is 1.05. The third-order valence-corrected chi connectivity index (χ3v) is 4.32. The van der Waals surface area contributed by atoms with Crippen molar-refractivity contribution in [2.75, 3.05) is 7.05 Å². The Morgan fingerprint density at radius 2 is 1.67 bits per heavy atom. The molecule has 0 saturated heterocycles. The minimum absolute atomic E-state index is 0.255. The van der Waals surface area contributed by atoms with Crippen molar-refractivity contribution in [3.8, 4) is 5.69 Å². The fourth-order valence-corrected chi connectivity index (χ4v) is 2.83. The number of benzene rings is 2. The van der Waals surface area contributed by atoms with Gasteiger partial charge in [0, 0.05) is 13.6 Å². The maximum absolute atomic E-state index is 13.0. The molecule has 7 nitrogen and oxygen atoms in total. The lowest BCUT2D eigenvalue weighted by molar-refractivity contribution is 0.0285. The first-order valence-corrected chi connectivity index (χ1v) is 9.55. The molecule has 1 aromatic heterocycles. The fourth-order valence-electron chi connectivity index (χ4n) is 2.83. The summed E-state index contributed by atoms with van der Waals surface area (Å²) in [5, 5.41) is 4.14. The van der Waals surface area contributed by atoms with E-state index in [1.54, 1.807) is 31.3 Å². The Labute approximate surface area is 174 Å². The summed E-state index contributed by atoms with van der Waals surface area (Å²) in [5.41, 5.74) is 1.50. The van der Waals surface area contributed by atoms with Crippen molar-refractivity contribution in [2.45, 2.75) is 39.5 Å². The van der Waals surface area contributed by atoms with Gasteiger partial charge in [-0.25, -0.2) is 23.2 Å². The van der Waals surface area contributed by atoms with Gasteiger partial charge in [0.05, 0.1) is 12.2 Å². The van der Waals surface area contributed by atoms with E-state index in [1.807, 2.05) is 32.9 Å². The molecule has 0 aliphatic heterocycles. The van der Waals surface area contributed by atoms with Gasteiger partial charge in [-0.15, -0.1) is 0 Å². The lowest BCUT2D eigenvalue weighted by Gasteiger charge is -2.24. The zero-order chi connectivity index (χ0) is 21.9. The maximum Gasteiger partial charge on any atom is 0.410 e. The molecule has 1 heterocycles. The van der Waals surface area contributed by atoms with E-state index in [4.69, 9.17) is 4.74 Å². The zero-order valence-electron chi connectivity index (χ0n) is 17.5. The summed E-state index contributed by atoms with van der Waals surface area (Å²) in [6, 6.07) is 13.2. The van der Waals surface area contributed by atoms with Crippen molar-refractivity contribution in [2.24, 2.45) is 0 Å². The van der Waals surface area contributed by atoms with Crippen LogP contribution in [0, 0.1) is 5.82 Å². The van der Waals surface area contributed by atoms with Gasteiger partial charge >= 0.3 is 11.8 Å². The molecule has 0 radical (unpaired) electrons. The van der Waals surface area contributed by atoms with Gasteiger partial charge in [-0.2, -0.15) is 5.10 Å². The van der Waals surface area contributed by atoms with E-state index in [9.17, 15) is 14.0 Å². The second-order valence-corrected chi connectivity index (χ2v) is 8.07. The molecule has 0 bridgehead atoms. The number of hydrogen-bond acceptors (Lipinski definition) is 4. The van der Waals surface area contributed by atoms with Gasteiger partial charge < -0.3 is 9.64 Å². The number of halogens is 1. The van der Waals surface area contributed by atoms with E-state index in [1.165, 1.54) is 32.6 Å². The quantitative estimate of drug-likeness (QED) is 0.642. The molecule has 8 heteroatoms. The Morgan fingerprint density at radius 1 is 1.07 bits per heavy atom. The first-order chi connectivity index (χ1) is 14.1.